The standard InChI is InChI=1S/C22H20FN3O3S/c1-29-22(28)15-4-2-3-5-19(15)25-20-16-12-14(23)6-7-18(16)24-13-17(20)21(27)26-8-10-30-11-9-26/h2-7,12-13H,8-11H2,1H3,(H,24,25). The van der Waals surface area contributed by atoms with Crippen molar-refractivity contribution in [2.45, 2.75) is 0 Å². The Morgan fingerprint density at radius 1 is 1.13 bits per heavy atom. The number of thioether (sulfide) groups is 1. The lowest BCUT2D eigenvalue weighted by Crippen LogP contribution is -2.38. The van der Waals surface area contributed by atoms with Gasteiger partial charge in [0.1, 0.15) is 5.82 Å². The number of nitrogens with zero attached hydrogens (tertiary/aromatic N) is 2. The van der Waals surface area contributed by atoms with E-state index in [0.717, 1.165) is 11.5 Å². The Bertz CT molecular complexity index is 1120. The Labute approximate surface area is 177 Å². The predicted octanol–water partition coefficient (Wildman–Crippen LogP) is 4.09. The van der Waals surface area contributed by atoms with E-state index in [0.29, 0.717) is 46.5 Å². The first-order valence-corrected chi connectivity index (χ1v) is 10.6. The molecule has 4 rings (SSSR count). The third-order valence-electron chi connectivity index (χ3n) is 4.95. The summed E-state index contributed by atoms with van der Waals surface area (Å²) in [5.41, 5.74) is 2.07. The molecule has 3 aromatic rings. The summed E-state index contributed by atoms with van der Waals surface area (Å²) in [6.07, 6.45) is 1.51. The summed E-state index contributed by atoms with van der Waals surface area (Å²) in [6.45, 7) is 1.28. The van der Waals surface area contributed by atoms with Crippen molar-refractivity contribution in [2.75, 3.05) is 37.0 Å². The zero-order valence-electron chi connectivity index (χ0n) is 16.4. The molecule has 1 saturated heterocycles. The molecule has 1 fully saturated rings. The molecule has 0 atom stereocenters. The summed E-state index contributed by atoms with van der Waals surface area (Å²) in [5.74, 6) is 0.619. The molecule has 8 heteroatoms. The predicted molar refractivity (Wildman–Crippen MR) is 116 cm³/mol. The number of hydrogen-bond acceptors (Lipinski definition) is 6. The van der Waals surface area contributed by atoms with Crippen molar-refractivity contribution in [1.82, 2.24) is 9.88 Å². The topological polar surface area (TPSA) is 71.5 Å². The van der Waals surface area contributed by atoms with Crippen molar-refractivity contribution < 1.29 is 18.7 Å². The van der Waals surface area contributed by atoms with Crippen LogP contribution in [0.1, 0.15) is 20.7 Å². The van der Waals surface area contributed by atoms with E-state index in [9.17, 15) is 14.0 Å². The molecule has 1 aromatic heterocycles. The van der Waals surface area contributed by atoms with Crippen molar-refractivity contribution >= 4 is 45.9 Å². The third-order valence-corrected chi connectivity index (χ3v) is 5.89. The number of para-hydroxylation sites is 1. The van der Waals surface area contributed by atoms with Crippen molar-refractivity contribution in [3.8, 4) is 0 Å². The van der Waals surface area contributed by atoms with Gasteiger partial charge in [-0.2, -0.15) is 11.8 Å². The Morgan fingerprint density at radius 2 is 1.90 bits per heavy atom. The van der Waals surface area contributed by atoms with Crippen LogP contribution in [0.5, 0.6) is 0 Å². The number of hydrogen-bond donors (Lipinski definition) is 1. The zero-order valence-corrected chi connectivity index (χ0v) is 17.2. The molecule has 1 aliphatic heterocycles. The van der Waals surface area contributed by atoms with Crippen LogP contribution in [-0.4, -0.2) is 53.5 Å². The summed E-state index contributed by atoms with van der Waals surface area (Å²) in [5, 5.41) is 3.65. The molecule has 154 valence electrons. The van der Waals surface area contributed by atoms with Gasteiger partial charge in [0.25, 0.3) is 5.91 Å². The molecule has 30 heavy (non-hydrogen) atoms. The molecule has 0 spiro atoms. The lowest BCUT2D eigenvalue weighted by molar-refractivity contribution is 0.0601. The highest BCUT2D eigenvalue weighted by atomic mass is 32.2. The van der Waals surface area contributed by atoms with E-state index in [1.807, 2.05) is 0 Å². The fraction of sp³-hybridized carbons (Fsp3) is 0.227. The first-order valence-electron chi connectivity index (χ1n) is 9.48. The average Bonchev–Trinajstić information content (AvgIpc) is 2.79. The van der Waals surface area contributed by atoms with Crippen LogP contribution in [0.2, 0.25) is 0 Å². The molecule has 0 radical (unpaired) electrons. The smallest absolute Gasteiger partial charge is 0.339 e. The highest BCUT2D eigenvalue weighted by molar-refractivity contribution is 7.99. The Kier molecular flexibility index (Phi) is 5.85. The van der Waals surface area contributed by atoms with Crippen LogP contribution >= 0.6 is 11.8 Å². The average molecular weight is 425 g/mol. The number of rotatable bonds is 4. The number of pyridine rings is 1. The number of aromatic nitrogens is 1. The molecule has 1 N–H and O–H groups in total. The van der Waals surface area contributed by atoms with Gasteiger partial charge in [-0.25, -0.2) is 9.18 Å². The molecule has 2 heterocycles. The van der Waals surface area contributed by atoms with E-state index in [1.54, 1.807) is 47.0 Å². The fourth-order valence-electron chi connectivity index (χ4n) is 3.41. The number of anilines is 2. The van der Waals surface area contributed by atoms with Gasteiger partial charge in [0.05, 0.1) is 35.1 Å². The Morgan fingerprint density at radius 3 is 2.67 bits per heavy atom. The Hall–Kier alpha value is -3.13. The maximum atomic E-state index is 14.1. The number of nitrogens with one attached hydrogen (secondary N) is 1. The monoisotopic (exact) mass is 425 g/mol. The van der Waals surface area contributed by atoms with Gasteiger partial charge in [-0.15, -0.1) is 0 Å². The van der Waals surface area contributed by atoms with Crippen molar-refractivity contribution in [1.29, 1.82) is 0 Å². The first kappa shape index (κ1) is 20.2. The second kappa shape index (κ2) is 8.71. The number of fused-ring (bicyclic) bond motifs is 1. The van der Waals surface area contributed by atoms with Crippen molar-refractivity contribution in [3.05, 3.63) is 65.6 Å². The summed E-state index contributed by atoms with van der Waals surface area (Å²) < 4.78 is 18.9. The molecule has 1 aliphatic rings. The van der Waals surface area contributed by atoms with Crippen LogP contribution < -0.4 is 5.32 Å². The van der Waals surface area contributed by atoms with E-state index in [1.165, 1.54) is 25.4 Å². The van der Waals surface area contributed by atoms with Gasteiger partial charge < -0.3 is 15.0 Å². The first-order chi connectivity index (χ1) is 14.6. The number of benzene rings is 2. The van der Waals surface area contributed by atoms with Crippen LogP contribution in [0.15, 0.2) is 48.7 Å². The van der Waals surface area contributed by atoms with Crippen molar-refractivity contribution in [3.63, 3.8) is 0 Å². The second-order valence-corrected chi connectivity index (χ2v) is 8.00. The molecule has 0 saturated carbocycles. The second-order valence-electron chi connectivity index (χ2n) is 6.78. The molecular formula is C22H20FN3O3S. The number of esters is 1. The van der Waals surface area contributed by atoms with Crippen LogP contribution in [0, 0.1) is 5.82 Å². The van der Waals surface area contributed by atoms with Gasteiger partial charge >= 0.3 is 5.97 Å². The van der Waals surface area contributed by atoms with E-state index in [-0.39, 0.29) is 5.91 Å². The molecule has 2 aromatic carbocycles. The zero-order chi connectivity index (χ0) is 21.1. The minimum Gasteiger partial charge on any atom is -0.465 e. The summed E-state index contributed by atoms with van der Waals surface area (Å²) in [4.78, 5) is 31.6. The number of halogens is 1. The summed E-state index contributed by atoms with van der Waals surface area (Å²) in [7, 11) is 1.31. The van der Waals surface area contributed by atoms with Crippen LogP contribution in [0.3, 0.4) is 0 Å². The number of ether oxygens (including phenoxy) is 1. The minimum atomic E-state index is -0.511. The molecule has 1 amide bonds. The number of methoxy groups -OCH3 is 1. The van der Waals surface area contributed by atoms with Crippen molar-refractivity contribution in [2.24, 2.45) is 0 Å². The number of carbonyl (C=O) groups is 2. The highest BCUT2D eigenvalue weighted by Crippen LogP contribution is 2.32. The summed E-state index contributed by atoms with van der Waals surface area (Å²) >= 11 is 1.80. The maximum absolute atomic E-state index is 14.1. The number of carbonyl (C=O) groups excluding carboxylic acids is 2. The molecule has 0 aliphatic carbocycles. The third kappa shape index (κ3) is 3.95. The van der Waals surface area contributed by atoms with E-state index in [4.69, 9.17) is 4.74 Å². The Balaban J connectivity index is 1.85. The normalized spacial score (nSPS) is 13.9. The van der Waals surface area contributed by atoms with E-state index >= 15 is 0 Å². The SMILES string of the molecule is COC(=O)c1ccccc1Nc1c(C(=O)N2CCSCC2)cnc2ccc(F)cc12. The van der Waals surface area contributed by atoms with Gasteiger partial charge in [-0.3, -0.25) is 9.78 Å². The molecule has 6 nitrogen and oxygen atoms in total. The fourth-order valence-corrected chi connectivity index (χ4v) is 4.32. The van der Waals surface area contributed by atoms with Crippen LogP contribution in [0.25, 0.3) is 10.9 Å². The van der Waals surface area contributed by atoms with Gasteiger partial charge in [0, 0.05) is 36.2 Å². The highest BCUT2D eigenvalue weighted by Gasteiger charge is 2.24. The van der Waals surface area contributed by atoms with Gasteiger partial charge in [0.2, 0.25) is 0 Å². The molecular weight excluding hydrogens is 405 g/mol. The summed E-state index contributed by atoms with van der Waals surface area (Å²) in [6, 6.07) is 11.1. The quantitative estimate of drug-likeness (QED) is 0.635. The number of amides is 1. The van der Waals surface area contributed by atoms with Gasteiger partial charge in [-0.05, 0) is 30.3 Å². The van der Waals surface area contributed by atoms with Crippen LogP contribution in [-0.2, 0) is 4.74 Å². The molecule has 0 bridgehead atoms. The van der Waals surface area contributed by atoms with Gasteiger partial charge in [-0.1, -0.05) is 12.1 Å². The van der Waals surface area contributed by atoms with Crippen LogP contribution in [0.4, 0.5) is 15.8 Å². The minimum absolute atomic E-state index is 0.174. The lowest BCUT2D eigenvalue weighted by Gasteiger charge is -2.27. The lowest BCUT2D eigenvalue weighted by atomic mass is 10.1. The largest absolute Gasteiger partial charge is 0.465 e. The molecule has 0 unspecified atom stereocenters. The maximum Gasteiger partial charge on any atom is 0.339 e. The van der Waals surface area contributed by atoms with Gasteiger partial charge in [0.15, 0.2) is 0 Å². The van der Waals surface area contributed by atoms with E-state index in [2.05, 4.69) is 10.3 Å². The van der Waals surface area contributed by atoms with E-state index < -0.39 is 11.8 Å².